The fourth-order valence-corrected chi connectivity index (χ4v) is 2.44. The van der Waals surface area contributed by atoms with Gasteiger partial charge in [-0.2, -0.15) is 11.8 Å². The molecule has 1 amide bonds. The number of halogens is 1. The van der Waals surface area contributed by atoms with Gasteiger partial charge in [0.05, 0.1) is 11.7 Å². The maximum absolute atomic E-state index is 11.7. The summed E-state index contributed by atoms with van der Waals surface area (Å²) in [6.45, 7) is 3.58. The minimum Gasteiger partial charge on any atom is -0.481 e. The third kappa shape index (κ3) is 5.65. The standard InChI is InChI=1S/C13H16BrNO3S/c1-8-5-10(3-4-11(8)14)15-12(16)7-19-6-9(2)13(17)18/h3-5,9H,6-7H2,1-2H3,(H,15,16)(H,17,18). The lowest BCUT2D eigenvalue weighted by Crippen LogP contribution is -2.17. The molecule has 1 atom stereocenters. The average Bonchev–Trinajstić information content (AvgIpc) is 2.33. The lowest BCUT2D eigenvalue weighted by Gasteiger charge is -2.08. The lowest BCUT2D eigenvalue weighted by molar-refractivity contribution is -0.140. The van der Waals surface area contributed by atoms with Crippen LogP contribution >= 0.6 is 27.7 Å². The van der Waals surface area contributed by atoms with Crippen molar-refractivity contribution in [1.29, 1.82) is 0 Å². The SMILES string of the molecule is Cc1cc(NC(=O)CSCC(C)C(=O)O)ccc1Br. The molecular formula is C13H16BrNO3S. The predicted molar refractivity (Wildman–Crippen MR) is 81.6 cm³/mol. The van der Waals surface area contributed by atoms with Gasteiger partial charge in [0, 0.05) is 15.9 Å². The van der Waals surface area contributed by atoms with Crippen LogP contribution in [0.2, 0.25) is 0 Å². The lowest BCUT2D eigenvalue weighted by atomic mass is 10.2. The van der Waals surface area contributed by atoms with E-state index in [4.69, 9.17) is 5.11 Å². The molecule has 0 fully saturated rings. The number of hydrogen-bond donors (Lipinski definition) is 2. The smallest absolute Gasteiger partial charge is 0.307 e. The van der Waals surface area contributed by atoms with Gasteiger partial charge in [-0.3, -0.25) is 9.59 Å². The number of carboxylic acid groups (broad SMARTS) is 1. The molecule has 1 aromatic rings. The molecule has 0 saturated heterocycles. The van der Waals surface area contributed by atoms with Crippen LogP contribution in [0.3, 0.4) is 0 Å². The highest BCUT2D eigenvalue weighted by Crippen LogP contribution is 2.20. The molecule has 104 valence electrons. The second-order valence-electron chi connectivity index (χ2n) is 4.27. The van der Waals surface area contributed by atoms with Crippen LogP contribution in [0.1, 0.15) is 12.5 Å². The van der Waals surface area contributed by atoms with E-state index in [2.05, 4.69) is 21.2 Å². The van der Waals surface area contributed by atoms with Crippen molar-refractivity contribution in [1.82, 2.24) is 0 Å². The maximum Gasteiger partial charge on any atom is 0.307 e. The van der Waals surface area contributed by atoms with Crippen molar-refractivity contribution in [3.05, 3.63) is 28.2 Å². The summed E-state index contributed by atoms with van der Waals surface area (Å²) >= 11 is 4.72. The number of amides is 1. The molecule has 0 bridgehead atoms. The number of carbonyl (C=O) groups is 2. The molecule has 1 aromatic carbocycles. The zero-order valence-electron chi connectivity index (χ0n) is 10.8. The van der Waals surface area contributed by atoms with Crippen LogP contribution in [0, 0.1) is 12.8 Å². The van der Waals surface area contributed by atoms with Gasteiger partial charge in [0.2, 0.25) is 5.91 Å². The van der Waals surface area contributed by atoms with E-state index in [0.717, 1.165) is 15.7 Å². The van der Waals surface area contributed by atoms with Gasteiger partial charge in [-0.25, -0.2) is 0 Å². The first-order valence-corrected chi connectivity index (χ1v) is 7.71. The topological polar surface area (TPSA) is 66.4 Å². The third-order valence-electron chi connectivity index (χ3n) is 2.46. The number of aryl methyl sites for hydroxylation is 1. The van der Waals surface area contributed by atoms with E-state index in [1.54, 1.807) is 6.92 Å². The van der Waals surface area contributed by atoms with E-state index in [1.807, 2.05) is 25.1 Å². The molecule has 0 aliphatic heterocycles. The second-order valence-corrected chi connectivity index (χ2v) is 6.15. The Bertz CT molecular complexity index is 479. The van der Waals surface area contributed by atoms with E-state index in [9.17, 15) is 9.59 Å². The number of thioether (sulfide) groups is 1. The van der Waals surface area contributed by atoms with Crippen molar-refractivity contribution in [3.8, 4) is 0 Å². The Morgan fingerprint density at radius 3 is 2.74 bits per heavy atom. The van der Waals surface area contributed by atoms with Gasteiger partial charge in [0.1, 0.15) is 0 Å². The first-order valence-electron chi connectivity index (χ1n) is 5.76. The molecular weight excluding hydrogens is 330 g/mol. The van der Waals surface area contributed by atoms with E-state index in [1.165, 1.54) is 11.8 Å². The Kier molecular flexibility index (Phi) is 6.37. The molecule has 0 aliphatic rings. The highest BCUT2D eigenvalue weighted by Gasteiger charge is 2.12. The largest absolute Gasteiger partial charge is 0.481 e. The minimum atomic E-state index is -0.837. The van der Waals surface area contributed by atoms with Crippen molar-refractivity contribution < 1.29 is 14.7 Å². The fraction of sp³-hybridized carbons (Fsp3) is 0.385. The third-order valence-corrected chi connectivity index (χ3v) is 4.56. The van der Waals surface area contributed by atoms with Crippen molar-refractivity contribution in [2.24, 2.45) is 5.92 Å². The molecule has 0 aromatic heterocycles. The van der Waals surface area contributed by atoms with Crippen molar-refractivity contribution in [2.45, 2.75) is 13.8 Å². The Balaban J connectivity index is 2.39. The van der Waals surface area contributed by atoms with Gasteiger partial charge in [-0.05, 0) is 30.7 Å². The maximum atomic E-state index is 11.7. The first-order chi connectivity index (χ1) is 8.90. The van der Waals surface area contributed by atoms with E-state index < -0.39 is 11.9 Å². The van der Waals surface area contributed by atoms with Crippen LogP contribution in [0.4, 0.5) is 5.69 Å². The fourth-order valence-electron chi connectivity index (χ4n) is 1.32. The number of aliphatic carboxylic acids is 1. The highest BCUT2D eigenvalue weighted by molar-refractivity contribution is 9.10. The van der Waals surface area contributed by atoms with Gasteiger partial charge in [0.15, 0.2) is 0 Å². The van der Waals surface area contributed by atoms with Crippen LogP contribution in [-0.2, 0) is 9.59 Å². The summed E-state index contributed by atoms with van der Waals surface area (Å²) in [5, 5.41) is 11.5. The number of anilines is 1. The Hall–Kier alpha value is -1.01. The van der Waals surface area contributed by atoms with Gasteiger partial charge in [-0.1, -0.05) is 22.9 Å². The summed E-state index contributed by atoms with van der Waals surface area (Å²) in [7, 11) is 0. The molecule has 6 heteroatoms. The summed E-state index contributed by atoms with van der Waals surface area (Å²) in [5.74, 6) is -0.706. The summed E-state index contributed by atoms with van der Waals surface area (Å²) in [5.41, 5.74) is 1.79. The zero-order valence-corrected chi connectivity index (χ0v) is 13.2. The monoisotopic (exact) mass is 345 g/mol. The number of carbonyl (C=O) groups excluding carboxylic acids is 1. The number of carboxylic acids is 1. The summed E-state index contributed by atoms with van der Waals surface area (Å²) < 4.78 is 0.996. The second kappa shape index (κ2) is 7.55. The zero-order chi connectivity index (χ0) is 14.4. The molecule has 19 heavy (non-hydrogen) atoms. The molecule has 4 nitrogen and oxygen atoms in total. The van der Waals surface area contributed by atoms with Crippen LogP contribution < -0.4 is 5.32 Å². The molecule has 0 spiro atoms. The number of hydrogen-bond acceptors (Lipinski definition) is 3. The van der Waals surface area contributed by atoms with Crippen LogP contribution in [0.5, 0.6) is 0 Å². The van der Waals surface area contributed by atoms with E-state index in [0.29, 0.717) is 5.75 Å². The molecule has 0 aliphatic carbocycles. The molecule has 0 saturated carbocycles. The van der Waals surface area contributed by atoms with Crippen molar-refractivity contribution in [2.75, 3.05) is 16.8 Å². The summed E-state index contributed by atoms with van der Waals surface area (Å²) in [6, 6.07) is 5.58. The summed E-state index contributed by atoms with van der Waals surface area (Å²) in [4.78, 5) is 22.3. The van der Waals surface area contributed by atoms with Crippen molar-refractivity contribution >= 4 is 45.3 Å². The van der Waals surface area contributed by atoms with Crippen molar-refractivity contribution in [3.63, 3.8) is 0 Å². The Morgan fingerprint density at radius 2 is 2.16 bits per heavy atom. The van der Waals surface area contributed by atoms with Gasteiger partial charge in [0.25, 0.3) is 0 Å². The first kappa shape index (κ1) is 16.0. The molecule has 0 radical (unpaired) electrons. The van der Waals surface area contributed by atoms with E-state index >= 15 is 0 Å². The Morgan fingerprint density at radius 1 is 1.47 bits per heavy atom. The molecule has 1 rings (SSSR count). The highest BCUT2D eigenvalue weighted by atomic mass is 79.9. The Labute approximate surface area is 125 Å². The number of benzene rings is 1. The van der Waals surface area contributed by atoms with Gasteiger partial charge in [-0.15, -0.1) is 0 Å². The van der Waals surface area contributed by atoms with Gasteiger partial charge >= 0.3 is 5.97 Å². The summed E-state index contributed by atoms with van der Waals surface area (Å²) in [6.07, 6.45) is 0. The number of rotatable bonds is 6. The molecule has 0 heterocycles. The van der Waals surface area contributed by atoms with Gasteiger partial charge < -0.3 is 10.4 Å². The predicted octanol–water partition coefficient (Wildman–Crippen LogP) is 3.15. The quantitative estimate of drug-likeness (QED) is 0.830. The van der Waals surface area contributed by atoms with E-state index in [-0.39, 0.29) is 11.7 Å². The molecule has 2 N–H and O–H groups in total. The average molecular weight is 346 g/mol. The van der Waals surface area contributed by atoms with Crippen LogP contribution in [0.25, 0.3) is 0 Å². The van der Waals surface area contributed by atoms with Crippen LogP contribution in [0.15, 0.2) is 22.7 Å². The van der Waals surface area contributed by atoms with Crippen LogP contribution in [-0.4, -0.2) is 28.5 Å². The molecule has 1 unspecified atom stereocenters. The minimum absolute atomic E-state index is 0.121. The number of nitrogens with one attached hydrogen (secondary N) is 1. The normalized spacial score (nSPS) is 11.9.